The van der Waals surface area contributed by atoms with E-state index in [4.69, 9.17) is 61.1 Å². The summed E-state index contributed by atoms with van der Waals surface area (Å²) >= 11 is 12.2. The maximum absolute atomic E-state index is 14.9. The van der Waals surface area contributed by atoms with Crippen molar-refractivity contribution in [3.05, 3.63) is 51.5 Å². The molecular weight excluding hydrogens is 991 g/mol. The summed E-state index contributed by atoms with van der Waals surface area (Å²) in [5, 5.41) is 97.4. The molecule has 0 saturated carbocycles. The van der Waals surface area contributed by atoms with Gasteiger partial charge >= 0.3 is 5.97 Å². The maximum atomic E-state index is 14.9. The Labute approximate surface area is 424 Å². The van der Waals surface area contributed by atoms with Crippen LogP contribution >= 0.6 is 23.2 Å². The third-order valence-electron chi connectivity index (χ3n) is 13.6. The molecule has 8 N–H and O–H groups in total. The number of azo groups is 1. The van der Waals surface area contributed by atoms with Gasteiger partial charge in [-0.15, -0.1) is 5.11 Å². The molecule has 0 amide bonds. The maximum Gasteiger partial charge on any atom is 0.308 e. The Morgan fingerprint density at radius 3 is 1.99 bits per heavy atom. The highest BCUT2D eigenvalue weighted by Crippen LogP contribution is 2.50. The molecule has 4 aliphatic rings. The van der Waals surface area contributed by atoms with E-state index in [-0.39, 0.29) is 69.0 Å². The number of rotatable bonds is 15. The van der Waals surface area contributed by atoms with Crippen molar-refractivity contribution in [2.45, 2.75) is 172 Å². The number of aromatic hydroxyl groups is 3. The van der Waals surface area contributed by atoms with Crippen LogP contribution in [-0.4, -0.2) is 163 Å². The van der Waals surface area contributed by atoms with E-state index in [0.717, 1.165) is 13.2 Å². The molecular formula is C49H62Cl2N2O19. The Balaban J connectivity index is 1.15. The predicted octanol–water partition coefficient (Wildman–Crippen LogP) is 4.96. The summed E-state index contributed by atoms with van der Waals surface area (Å²) in [4.78, 5) is 41.1. The lowest BCUT2D eigenvalue weighted by Crippen LogP contribution is -2.59. The summed E-state index contributed by atoms with van der Waals surface area (Å²) in [6, 6.07) is 6.68. The van der Waals surface area contributed by atoms with E-state index >= 15 is 0 Å². The summed E-state index contributed by atoms with van der Waals surface area (Å²) in [6.07, 6.45) is -19.3. The highest BCUT2D eigenvalue weighted by atomic mass is 35.5. The number of Topliss-reactive ketones (excluding diaryl/α,β-unsaturated/α-hetero) is 2. The molecule has 0 aromatic heterocycles. The average Bonchev–Trinajstić information content (AvgIpc) is 3.29. The Morgan fingerprint density at radius 2 is 1.42 bits per heavy atom. The van der Waals surface area contributed by atoms with Gasteiger partial charge in [-0.05, 0) is 70.9 Å². The van der Waals surface area contributed by atoms with Gasteiger partial charge in [0.1, 0.15) is 59.1 Å². The zero-order valence-corrected chi connectivity index (χ0v) is 42.3. The van der Waals surface area contributed by atoms with E-state index in [9.17, 15) is 55.2 Å². The normalized spacial score (nSPS) is 33.4. The number of hydrogen-bond donors (Lipinski definition) is 8. The molecule has 3 saturated heterocycles. The fourth-order valence-corrected chi connectivity index (χ4v) is 10.00. The topological polar surface area (TPSA) is 312 Å². The molecule has 3 aromatic rings. The quantitative estimate of drug-likeness (QED) is 0.0737. The minimum Gasteiger partial charge on any atom is -0.507 e. The SMILES string of the molecule is CO[C@H](C(=O)[C@@H](O)[C@@H](C)O)[C@@H]1Cc2cc3c(N=Nc4ccc(Cl)c(Cl)c4)c(O)cc(O)c3c(O)c2C(=O)[C@H]1O[C@H]1C[C@@H](O[C@H]2C[C@@H](O[C@H]3C[C@](C)(O)[C@@H](OC(=O)C(C)C)[C@H](C)O3)[C@H](O)[C@@H](C)O2)[C@H](O)[C@@H](C)O1. The van der Waals surface area contributed by atoms with Crippen molar-refractivity contribution in [2.24, 2.45) is 22.1 Å². The van der Waals surface area contributed by atoms with Crippen molar-refractivity contribution in [1.82, 2.24) is 0 Å². The molecule has 3 fully saturated rings. The lowest BCUT2D eigenvalue weighted by Gasteiger charge is -2.47. The van der Waals surface area contributed by atoms with Gasteiger partial charge in [0.05, 0.1) is 69.2 Å². The Bertz CT molecular complexity index is 2530. The van der Waals surface area contributed by atoms with E-state index < -0.39 is 144 Å². The molecule has 0 radical (unpaired) electrons. The molecule has 7 rings (SSSR count). The summed E-state index contributed by atoms with van der Waals surface area (Å²) < 4.78 is 48.3. The average molecular weight is 1050 g/mol. The Morgan fingerprint density at radius 1 is 0.819 bits per heavy atom. The molecule has 17 atom stereocenters. The minimum absolute atomic E-state index is 0.0497. The molecule has 0 bridgehead atoms. The molecule has 0 spiro atoms. The van der Waals surface area contributed by atoms with Crippen LogP contribution in [0.1, 0.15) is 83.7 Å². The lowest BCUT2D eigenvalue weighted by molar-refractivity contribution is -0.334. The number of benzene rings is 3. The molecule has 23 heteroatoms. The number of nitrogens with zero attached hydrogens (tertiary/aromatic N) is 2. The summed E-state index contributed by atoms with van der Waals surface area (Å²) in [5.41, 5.74) is -1.78. The second-order valence-electron chi connectivity index (χ2n) is 19.5. The fourth-order valence-electron chi connectivity index (χ4n) is 9.70. The fraction of sp³-hybridized carbons (Fsp3) is 0.612. The minimum atomic E-state index is -1.96. The van der Waals surface area contributed by atoms with Gasteiger partial charge in [-0.3, -0.25) is 14.4 Å². The Kier molecular flexibility index (Phi) is 17.3. The van der Waals surface area contributed by atoms with Crippen molar-refractivity contribution in [2.75, 3.05) is 7.11 Å². The second-order valence-corrected chi connectivity index (χ2v) is 20.3. The largest absolute Gasteiger partial charge is 0.507 e. The number of methoxy groups -OCH3 is 1. The number of hydrogen-bond acceptors (Lipinski definition) is 21. The number of halogens is 2. The molecule has 3 aromatic carbocycles. The number of carbonyl (C=O) groups is 3. The number of phenolic OH excluding ortho intramolecular Hbond substituents is 3. The first kappa shape index (κ1) is 55.6. The van der Waals surface area contributed by atoms with Gasteiger partial charge in [0, 0.05) is 43.7 Å². The van der Waals surface area contributed by atoms with Crippen molar-refractivity contribution in [3.8, 4) is 17.2 Å². The van der Waals surface area contributed by atoms with Crippen LogP contribution in [-0.2, 0) is 53.9 Å². The number of esters is 1. The van der Waals surface area contributed by atoms with Crippen LogP contribution in [0.15, 0.2) is 40.6 Å². The van der Waals surface area contributed by atoms with Crippen LogP contribution in [0.25, 0.3) is 10.8 Å². The van der Waals surface area contributed by atoms with E-state index in [2.05, 4.69) is 10.2 Å². The molecule has 396 valence electrons. The molecule has 3 heterocycles. The van der Waals surface area contributed by atoms with Crippen LogP contribution in [0.5, 0.6) is 17.2 Å². The first-order valence-corrected chi connectivity index (χ1v) is 24.4. The van der Waals surface area contributed by atoms with Gasteiger partial charge in [-0.2, -0.15) is 5.11 Å². The lowest BCUT2D eigenvalue weighted by atomic mass is 9.75. The number of aliphatic hydroxyl groups is 5. The zero-order valence-electron chi connectivity index (χ0n) is 40.7. The van der Waals surface area contributed by atoms with E-state index in [1.807, 2.05) is 0 Å². The Hall–Kier alpha value is -4.17. The monoisotopic (exact) mass is 1050 g/mol. The highest BCUT2D eigenvalue weighted by molar-refractivity contribution is 6.42. The molecule has 1 aliphatic carbocycles. The van der Waals surface area contributed by atoms with Crippen LogP contribution in [0.2, 0.25) is 10.0 Å². The van der Waals surface area contributed by atoms with Crippen LogP contribution in [0, 0.1) is 11.8 Å². The smallest absolute Gasteiger partial charge is 0.308 e. The number of ether oxygens (including phenoxy) is 8. The standard InChI is InChI=1S/C49H62Cl2N2O19/c1-18(2)48(63)72-47-22(6)68-35(17-49(47,7)64)70-32-15-33(66-20(4)41(32)59)69-31-16-34(67-21(5)40(31)58)71-46-26(45(65-8)44(62)39(57)19(3)54)12-23-11-25-37(42(60)36(23)43(46)61)29(55)14-30(56)38(25)53-52-24-9-10-27(50)28(51)13-24/h9-11,13-14,18-22,26,31-35,39-41,45-47,54-60,64H,12,15-17H2,1-8H3/t19-,20-,21-,22+,26+,31-,32-,33+,34+,35+,39+,40-,41-,45+,46+,47+,49+/m1/s1. The molecule has 21 nitrogen and oxygen atoms in total. The van der Waals surface area contributed by atoms with Crippen LogP contribution in [0.4, 0.5) is 11.4 Å². The van der Waals surface area contributed by atoms with Gasteiger partial charge in [0.25, 0.3) is 0 Å². The zero-order chi connectivity index (χ0) is 52.8. The number of fused-ring (bicyclic) bond motifs is 2. The van der Waals surface area contributed by atoms with Crippen LogP contribution in [0.3, 0.4) is 0 Å². The number of aliphatic hydroxyl groups excluding tert-OH is 4. The molecule has 3 aliphatic heterocycles. The summed E-state index contributed by atoms with van der Waals surface area (Å²) in [6.45, 7) is 10.8. The van der Waals surface area contributed by atoms with Crippen molar-refractivity contribution >= 4 is 62.9 Å². The number of ketones is 2. The number of carbonyl (C=O) groups excluding carboxylic acids is 3. The van der Waals surface area contributed by atoms with E-state index in [0.29, 0.717) is 0 Å². The first-order chi connectivity index (χ1) is 33.8. The number of phenols is 3. The second kappa shape index (κ2) is 22.4. The van der Waals surface area contributed by atoms with Crippen molar-refractivity contribution < 1.29 is 93.1 Å². The van der Waals surface area contributed by atoms with Gasteiger partial charge in [0.15, 0.2) is 36.5 Å². The predicted molar refractivity (Wildman–Crippen MR) is 253 cm³/mol. The summed E-state index contributed by atoms with van der Waals surface area (Å²) in [7, 11) is 1.16. The van der Waals surface area contributed by atoms with Crippen molar-refractivity contribution in [3.63, 3.8) is 0 Å². The van der Waals surface area contributed by atoms with E-state index in [1.54, 1.807) is 27.7 Å². The van der Waals surface area contributed by atoms with Gasteiger partial charge in [-0.1, -0.05) is 37.0 Å². The van der Waals surface area contributed by atoms with Gasteiger partial charge in [-0.25, -0.2) is 0 Å². The van der Waals surface area contributed by atoms with E-state index in [1.165, 1.54) is 45.0 Å². The van der Waals surface area contributed by atoms with Gasteiger partial charge < -0.3 is 78.7 Å². The third-order valence-corrected chi connectivity index (χ3v) is 14.3. The van der Waals surface area contributed by atoms with Crippen molar-refractivity contribution in [1.29, 1.82) is 0 Å². The molecule has 72 heavy (non-hydrogen) atoms. The third kappa shape index (κ3) is 11.5. The van der Waals surface area contributed by atoms with Crippen LogP contribution < -0.4 is 0 Å². The molecule has 0 unspecified atom stereocenters. The summed E-state index contributed by atoms with van der Waals surface area (Å²) in [5.74, 6) is -6.05. The first-order valence-electron chi connectivity index (χ1n) is 23.6. The van der Waals surface area contributed by atoms with Gasteiger partial charge in [0.2, 0.25) is 0 Å². The highest BCUT2D eigenvalue weighted by Gasteiger charge is 2.52.